The summed E-state index contributed by atoms with van der Waals surface area (Å²) in [5.74, 6) is -2.13. The summed E-state index contributed by atoms with van der Waals surface area (Å²) in [7, 11) is 0. The van der Waals surface area contributed by atoms with Crippen LogP contribution in [0.1, 0.15) is 12.5 Å². The van der Waals surface area contributed by atoms with Gasteiger partial charge in [-0.15, -0.1) is 0 Å². The summed E-state index contributed by atoms with van der Waals surface area (Å²) in [4.78, 5) is 21.6. The zero-order valence-corrected chi connectivity index (χ0v) is 16.1. The van der Waals surface area contributed by atoms with Crippen molar-refractivity contribution in [3.8, 4) is 22.5 Å². The van der Waals surface area contributed by atoms with Gasteiger partial charge >= 0.3 is 0 Å². The predicted octanol–water partition coefficient (Wildman–Crippen LogP) is 5.07. The number of aryl methyl sites for hydroxylation is 1. The smallest absolute Gasteiger partial charge is 0.248 e. The van der Waals surface area contributed by atoms with E-state index in [0.29, 0.717) is 17.0 Å². The third-order valence-corrected chi connectivity index (χ3v) is 4.47. The van der Waals surface area contributed by atoms with Crippen LogP contribution in [0.3, 0.4) is 0 Å². The van der Waals surface area contributed by atoms with E-state index >= 15 is 0 Å². The predicted molar refractivity (Wildman–Crippen MR) is 107 cm³/mol. The van der Waals surface area contributed by atoms with Gasteiger partial charge in [0.25, 0.3) is 0 Å². The number of carbonyl (C=O) groups excluding carboxylic acids is 1. The molecule has 1 amide bonds. The van der Waals surface area contributed by atoms with Gasteiger partial charge in [-0.05, 0) is 31.2 Å². The van der Waals surface area contributed by atoms with Crippen molar-refractivity contribution in [1.82, 2.24) is 15.1 Å². The van der Waals surface area contributed by atoms with E-state index in [-0.39, 0.29) is 11.6 Å². The SMILES string of the molecule is CC(=O)N(c1cc(F)ccc1F)c1onc(-c2cccc(C)c2)c1-c1ccncn1. The standard InChI is InChI=1S/C22H16F2N4O2/c1-13-4-3-5-15(10-13)21-20(18-8-9-25-12-26-18)22(30-27-21)28(14(2)29)19-11-16(23)6-7-17(19)24/h3-12H,1-2H3. The molecular weight excluding hydrogens is 390 g/mol. The first-order valence-corrected chi connectivity index (χ1v) is 9.04. The molecule has 4 aromatic rings. The summed E-state index contributed by atoms with van der Waals surface area (Å²) in [5, 5.41) is 4.14. The molecule has 2 heterocycles. The molecule has 0 unspecified atom stereocenters. The highest BCUT2D eigenvalue weighted by Crippen LogP contribution is 2.42. The molecule has 0 N–H and O–H groups in total. The Bertz CT molecular complexity index is 1230. The van der Waals surface area contributed by atoms with Gasteiger partial charge in [-0.1, -0.05) is 28.9 Å². The summed E-state index contributed by atoms with van der Waals surface area (Å²) in [6.07, 6.45) is 2.87. The molecule has 30 heavy (non-hydrogen) atoms. The lowest BCUT2D eigenvalue weighted by atomic mass is 10.0. The van der Waals surface area contributed by atoms with E-state index in [2.05, 4.69) is 15.1 Å². The van der Waals surface area contributed by atoms with Gasteiger partial charge in [-0.3, -0.25) is 4.79 Å². The fourth-order valence-electron chi connectivity index (χ4n) is 3.17. The third kappa shape index (κ3) is 3.55. The molecule has 0 aliphatic rings. The second kappa shape index (κ2) is 7.82. The summed E-state index contributed by atoms with van der Waals surface area (Å²) < 4.78 is 33.9. The Morgan fingerprint density at radius 2 is 1.93 bits per heavy atom. The minimum Gasteiger partial charge on any atom is -0.336 e. The molecule has 150 valence electrons. The minimum absolute atomic E-state index is 0.0674. The second-order valence-corrected chi connectivity index (χ2v) is 6.63. The topological polar surface area (TPSA) is 72.1 Å². The number of aromatic nitrogens is 3. The van der Waals surface area contributed by atoms with Gasteiger partial charge in [0.2, 0.25) is 11.8 Å². The molecule has 0 bridgehead atoms. The Morgan fingerprint density at radius 1 is 1.10 bits per heavy atom. The number of hydrogen-bond donors (Lipinski definition) is 0. The van der Waals surface area contributed by atoms with E-state index < -0.39 is 17.5 Å². The Labute approximate surface area is 170 Å². The monoisotopic (exact) mass is 406 g/mol. The number of nitrogens with zero attached hydrogens (tertiary/aromatic N) is 4. The Balaban J connectivity index is 1.99. The lowest BCUT2D eigenvalue weighted by Gasteiger charge is -2.19. The molecule has 0 aliphatic heterocycles. The lowest BCUT2D eigenvalue weighted by Crippen LogP contribution is -2.24. The first kappa shape index (κ1) is 19.4. The highest BCUT2D eigenvalue weighted by atomic mass is 19.1. The zero-order chi connectivity index (χ0) is 21.3. The van der Waals surface area contributed by atoms with E-state index in [1.165, 1.54) is 19.4 Å². The van der Waals surface area contributed by atoms with Crippen LogP contribution in [0.15, 0.2) is 65.6 Å². The number of benzene rings is 2. The van der Waals surface area contributed by atoms with Gasteiger partial charge in [-0.2, -0.15) is 0 Å². The molecule has 2 aromatic heterocycles. The molecule has 6 nitrogen and oxygen atoms in total. The molecule has 0 aliphatic carbocycles. The molecule has 0 saturated heterocycles. The molecule has 2 aromatic carbocycles. The zero-order valence-electron chi connectivity index (χ0n) is 16.1. The summed E-state index contributed by atoms with van der Waals surface area (Å²) >= 11 is 0. The van der Waals surface area contributed by atoms with Crippen LogP contribution in [0, 0.1) is 18.6 Å². The van der Waals surface area contributed by atoms with Crippen LogP contribution in [0.25, 0.3) is 22.5 Å². The van der Waals surface area contributed by atoms with Crippen molar-refractivity contribution >= 4 is 17.5 Å². The number of hydrogen-bond acceptors (Lipinski definition) is 5. The normalized spacial score (nSPS) is 10.8. The average molecular weight is 406 g/mol. The quantitative estimate of drug-likeness (QED) is 0.473. The highest BCUT2D eigenvalue weighted by Gasteiger charge is 2.30. The first-order chi connectivity index (χ1) is 14.5. The van der Waals surface area contributed by atoms with Crippen molar-refractivity contribution < 1.29 is 18.1 Å². The minimum atomic E-state index is -0.784. The van der Waals surface area contributed by atoms with Crippen LogP contribution in [0.5, 0.6) is 0 Å². The largest absolute Gasteiger partial charge is 0.336 e. The van der Waals surface area contributed by atoms with Gasteiger partial charge in [-0.25, -0.2) is 23.6 Å². The molecule has 0 radical (unpaired) electrons. The molecule has 0 atom stereocenters. The van der Waals surface area contributed by atoms with Crippen molar-refractivity contribution in [2.75, 3.05) is 4.90 Å². The van der Waals surface area contributed by atoms with Crippen LogP contribution < -0.4 is 4.90 Å². The molecule has 8 heteroatoms. The Kier molecular flexibility index (Phi) is 5.05. The molecule has 0 saturated carbocycles. The van der Waals surface area contributed by atoms with Gasteiger partial charge < -0.3 is 4.52 Å². The Morgan fingerprint density at radius 3 is 2.63 bits per heavy atom. The number of halogens is 2. The van der Waals surface area contributed by atoms with Gasteiger partial charge in [0.05, 0.1) is 16.9 Å². The maximum absolute atomic E-state index is 14.5. The fourth-order valence-corrected chi connectivity index (χ4v) is 3.17. The van der Waals surface area contributed by atoms with Crippen molar-refractivity contribution in [1.29, 1.82) is 0 Å². The van der Waals surface area contributed by atoms with E-state index in [1.807, 2.05) is 31.2 Å². The molecule has 0 spiro atoms. The van der Waals surface area contributed by atoms with E-state index in [4.69, 9.17) is 4.52 Å². The lowest BCUT2D eigenvalue weighted by molar-refractivity contribution is -0.116. The number of anilines is 2. The summed E-state index contributed by atoms with van der Waals surface area (Å²) in [6.45, 7) is 3.15. The van der Waals surface area contributed by atoms with Gasteiger partial charge in [0.15, 0.2) is 0 Å². The van der Waals surface area contributed by atoms with Crippen LogP contribution >= 0.6 is 0 Å². The molecule has 0 fully saturated rings. The van der Waals surface area contributed by atoms with Crippen molar-refractivity contribution in [2.24, 2.45) is 0 Å². The van der Waals surface area contributed by atoms with E-state index in [9.17, 15) is 13.6 Å². The maximum atomic E-state index is 14.5. The van der Waals surface area contributed by atoms with Crippen LogP contribution in [0.2, 0.25) is 0 Å². The molecular formula is C22H16F2N4O2. The molecule has 4 rings (SSSR count). The maximum Gasteiger partial charge on any atom is 0.248 e. The number of rotatable bonds is 4. The number of carbonyl (C=O) groups is 1. The van der Waals surface area contributed by atoms with Crippen molar-refractivity contribution in [3.05, 3.63) is 78.3 Å². The van der Waals surface area contributed by atoms with Crippen LogP contribution in [-0.2, 0) is 4.79 Å². The van der Waals surface area contributed by atoms with Gasteiger partial charge in [0.1, 0.15) is 23.7 Å². The van der Waals surface area contributed by atoms with E-state index in [0.717, 1.165) is 34.2 Å². The van der Waals surface area contributed by atoms with E-state index in [1.54, 1.807) is 6.07 Å². The summed E-state index contributed by atoms with van der Waals surface area (Å²) in [5.41, 5.74) is 2.62. The summed E-state index contributed by atoms with van der Waals surface area (Å²) in [6, 6.07) is 12.0. The van der Waals surface area contributed by atoms with Gasteiger partial charge in [0, 0.05) is 24.8 Å². The fraction of sp³-hybridized carbons (Fsp3) is 0.0909. The second-order valence-electron chi connectivity index (χ2n) is 6.63. The van der Waals surface area contributed by atoms with Crippen molar-refractivity contribution in [3.63, 3.8) is 0 Å². The average Bonchev–Trinajstić information content (AvgIpc) is 3.16. The highest BCUT2D eigenvalue weighted by molar-refractivity contribution is 6.03. The van der Waals surface area contributed by atoms with Crippen molar-refractivity contribution in [2.45, 2.75) is 13.8 Å². The van der Waals surface area contributed by atoms with Crippen LogP contribution in [0.4, 0.5) is 20.4 Å². The van der Waals surface area contributed by atoms with Crippen LogP contribution in [-0.4, -0.2) is 21.0 Å². The first-order valence-electron chi connectivity index (χ1n) is 9.04. The number of amides is 1. The Hall–Kier alpha value is -3.94. The third-order valence-electron chi connectivity index (χ3n) is 4.47.